The average molecular weight is 316 g/mol. The molecule has 1 aliphatic rings. The van der Waals surface area contributed by atoms with Gasteiger partial charge in [-0.1, -0.05) is 34.1 Å². The summed E-state index contributed by atoms with van der Waals surface area (Å²) < 4.78 is 13.8. The molecular formula is C13H15BrFNO2. The Morgan fingerprint density at radius 3 is 2.78 bits per heavy atom. The van der Waals surface area contributed by atoms with Gasteiger partial charge in [0.1, 0.15) is 5.82 Å². The summed E-state index contributed by atoms with van der Waals surface area (Å²) in [4.78, 5) is 13.6. The second-order valence-electron chi connectivity index (χ2n) is 4.40. The van der Waals surface area contributed by atoms with E-state index < -0.39 is 0 Å². The first-order valence-electron chi connectivity index (χ1n) is 5.92. The first kappa shape index (κ1) is 13.5. The number of aliphatic hydroxyl groups is 1. The summed E-state index contributed by atoms with van der Waals surface area (Å²) >= 11 is 3.41. The van der Waals surface area contributed by atoms with Crippen molar-refractivity contribution in [2.45, 2.75) is 23.7 Å². The number of likely N-dealkylation sites (tertiary alicyclic amines) is 1. The van der Waals surface area contributed by atoms with E-state index in [1.54, 1.807) is 23.1 Å². The Balaban J connectivity index is 2.29. The maximum atomic E-state index is 13.8. The second kappa shape index (κ2) is 5.80. The van der Waals surface area contributed by atoms with Crippen molar-refractivity contribution in [3.8, 4) is 0 Å². The van der Waals surface area contributed by atoms with E-state index in [1.807, 2.05) is 0 Å². The van der Waals surface area contributed by atoms with Gasteiger partial charge in [0.05, 0.1) is 6.04 Å². The Kier molecular flexibility index (Phi) is 4.35. The third-order valence-corrected chi connectivity index (χ3v) is 3.77. The fraction of sp³-hybridized carbons (Fsp3) is 0.462. The highest BCUT2D eigenvalue weighted by Gasteiger charge is 2.34. The zero-order chi connectivity index (χ0) is 13.1. The number of hydrogen-bond acceptors (Lipinski definition) is 2. The smallest absolute Gasteiger partial charge is 0.224 e. The van der Waals surface area contributed by atoms with Gasteiger partial charge in [-0.2, -0.15) is 0 Å². The van der Waals surface area contributed by atoms with Crippen LogP contribution in [0.25, 0.3) is 0 Å². The molecule has 2 unspecified atom stereocenters. The monoisotopic (exact) mass is 315 g/mol. The summed E-state index contributed by atoms with van der Waals surface area (Å²) in [6.45, 7) is 0.480. The summed E-state index contributed by atoms with van der Waals surface area (Å²) in [5.74, 6) is -0.333. The minimum absolute atomic E-state index is 0.00132. The molecule has 1 aromatic carbocycles. The van der Waals surface area contributed by atoms with Crippen molar-refractivity contribution >= 4 is 21.8 Å². The second-order valence-corrected chi connectivity index (χ2v) is 5.69. The number of aliphatic hydroxyl groups excluding tert-OH is 1. The fourth-order valence-corrected chi connectivity index (χ4v) is 2.92. The quantitative estimate of drug-likeness (QED) is 0.866. The Morgan fingerprint density at radius 1 is 1.50 bits per heavy atom. The van der Waals surface area contributed by atoms with Gasteiger partial charge in [0.15, 0.2) is 0 Å². The predicted octanol–water partition coefficient (Wildman–Crippen LogP) is 2.25. The van der Waals surface area contributed by atoms with E-state index in [4.69, 9.17) is 5.11 Å². The van der Waals surface area contributed by atoms with Crippen molar-refractivity contribution in [2.75, 3.05) is 13.2 Å². The van der Waals surface area contributed by atoms with E-state index >= 15 is 0 Å². The van der Waals surface area contributed by atoms with Crippen LogP contribution in [0, 0.1) is 5.82 Å². The Labute approximate surface area is 114 Å². The maximum absolute atomic E-state index is 13.8. The van der Waals surface area contributed by atoms with Crippen molar-refractivity contribution in [3.05, 3.63) is 35.6 Å². The molecule has 2 atom stereocenters. The number of hydrogen-bond donors (Lipinski definition) is 1. The Hall–Kier alpha value is -0.940. The van der Waals surface area contributed by atoms with Crippen LogP contribution in [0.4, 0.5) is 4.39 Å². The molecule has 1 aliphatic heterocycles. The number of rotatable bonds is 4. The predicted molar refractivity (Wildman–Crippen MR) is 69.9 cm³/mol. The standard InChI is InChI=1S/C13H15BrFNO2/c14-9-7-13(18)16(8-9)12(5-6-17)10-3-1-2-4-11(10)15/h1-4,9,12,17H,5-8H2. The normalized spacial score (nSPS) is 21.4. The molecule has 2 rings (SSSR count). The van der Waals surface area contributed by atoms with Gasteiger partial charge < -0.3 is 10.0 Å². The average Bonchev–Trinajstić information content (AvgIpc) is 2.66. The molecule has 3 nitrogen and oxygen atoms in total. The van der Waals surface area contributed by atoms with Crippen LogP contribution >= 0.6 is 15.9 Å². The molecule has 0 radical (unpaired) electrons. The molecule has 1 aromatic rings. The molecule has 0 saturated carbocycles. The molecule has 0 bridgehead atoms. The van der Waals surface area contributed by atoms with Gasteiger partial charge in [0, 0.05) is 30.0 Å². The Bertz CT molecular complexity index is 441. The van der Waals surface area contributed by atoms with E-state index in [-0.39, 0.29) is 29.2 Å². The molecule has 0 aromatic heterocycles. The summed E-state index contributed by atoms with van der Waals surface area (Å²) in [6, 6.07) is 6.03. The van der Waals surface area contributed by atoms with Crippen molar-refractivity contribution < 1.29 is 14.3 Å². The van der Waals surface area contributed by atoms with Gasteiger partial charge in [0.2, 0.25) is 5.91 Å². The molecule has 1 saturated heterocycles. The van der Waals surface area contributed by atoms with Crippen LogP contribution in [0.1, 0.15) is 24.4 Å². The van der Waals surface area contributed by atoms with E-state index in [0.29, 0.717) is 24.9 Å². The van der Waals surface area contributed by atoms with Crippen LogP contribution in [0.3, 0.4) is 0 Å². The largest absolute Gasteiger partial charge is 0.396 e. The number of amides is 1. The number of benzene rings is 1. The molecule has 1 heterocycles. The van der Waals surface area contributed by atoms with Crippen molar-refractivity contribution in [1.29, 1.82) is 0 Å². The van der Waals surface area contributed by atoms with Gasteiger partial charge in [-0.3, -0.25) is 4.79 Å². The third kappa shape index (κ3) is 2.72. The summed E-state index contributed by atoms with van der Waals surface area (Å²) in [6.07, 6.45) is 0.781. The molecule has 1 N–H and O–H groups in total. The molecule has 1 fully saturated rings. The molecule has 1 amide bonds. The zero-order valence-corrected chi connectivity index (χ0v) is 11.4. The molecule has 0 aliphatic carbocycles. The van der Waals surface area contributed by atoms with Gasteiger partial charge in [-0.05, 0) is 12.5 Å². The van der Waals surface area contributed by atoms with Gasteiger partial charge in [-0.15, -0.1) is 0 Å². The lowest BCUT2D eigenvalue weighted by Gasteiger charge is -2.28. The van der Waals surface area contributed by atoms with Crippen molar-refractivity contribution in [2.24, 2.45) is 0 Å². The highest BCUT2D eigenvalue weighted by Crippen LogP contribution is 2.32. The van der Waals surface area contributed by atoms with Crippen LogP contribution in [0.15, 0.2) is 24.3 Å². The zero-order valence-electron chi connectivity index (χ0n) is 9.85. The third-order valence-electron chi connectivity index (χ3n) is 3.15. The number of halogens is 2. The van der Waals surface area contributed by atoms with E-state index in [9.17, 15) is 9.18 Å². The number of nitrogens with zero attached hydrogens (tertiary/aromatic N) is 1. The first-order chi connectivity index (χ1) is 8.63. The SMILES string of the molecule is O=C1CC(Br)CN1C(CCO)c1ccccc1F. The number of carbonyl (C=O) groups excluding carboxylic acids is 1. The molecule has 18 heavy (non-hydrogen) atoms. The van der Waals surface area contributed by atoms with E-state index in [1.165, 1.54) is 6.07 Å². The highest BCUT2D eigenvalue weighted by molar-refractivity contribution is 9.09. The van der Waals surface area contributed by atoms with E-state index in [2.05, 4.69) is 15.9 Å². The van der Waals surface area contributed by atoms with Crippen LogP contribution < -0.4 is 0 Å². The van der Waals surface area contributed by atoms with Crippen LogP contribution in [-0.4, -0.2) is 33.9 Å². The van der Waals surface area contributed by atoms with Gasteiger partial charge in [0.25, 0.3) is 0 Å². The summed E-state index contributed by atoms with van der Waals surface area (Å²) in [5.41, 5.74) is 0.474. The van der Waals surface area contributed by atoms with Crippen LogP contribution in [-0.2, 0) is 4.79 Å². The fourth-order valence-electron chi connectivity index (χ4n) is 2.33. The number of alkyl halides is 1. The molecule has 5 heteroatoms. The lowest BCUT2D eigenvalue weighted by molar-refractivity contribution is -0.130. The van der Waals surface area contributed by atoms with Crippen LogP contribution in [0.5, 0.6) is 0 Å². The minimum atomic E-state index is -0.383. The summed E-state index contributed by atoms with van der Waals surface area (Å²) in [5, 5.41) is 9.13. The highest BCUT2D eigenvalue weighted by atomic mass is 79.9. The maximum Gasteiger partial charge on any atom is 0.224 e. The molecular weight excluding hydrogens is 301 g/mol. The van der Waals surface area contributed by atoms with Crippen LogP contribution in [0.2, 0.25) is 0 Å². The lowest BCUT2D eigenvalue weighted by Crippen LogP contribution is -2.31. The van der Waals surface area contributed by atoms with Crippen molar-refractivity contribution in [1.82, 2.24) is 4.90 Å². The molecule has 0 spiro atoms. The van der Waals surface area contributed by atoms with Gasteiger partial charge >= 0.3 is 0 Å². The summed E-state index contributed by atoms with van der Waals surface area (Å²) in [7, 11) is 0. The topological polar surface area (TPSA) is 40.5 Å². The molecule has 98 valence electrons. The lowest BCUT2D eigenvalue weighted by atomic mass is 10.0. The minimum Gasteiger partial charge on any atom is -0.396 e. The van der Waals surface area contributed by atoms with Gasteiger partial charge in [-0.25, -0.2) is 4.39 Å². The number of carbonyl (C=O) groups is 1. The van der Waals surface area contributed by atoms with E-state index in [0.717, 1.165) is 0 Å². The van der Waals surface area contributed by atoms with Crippen molar-refractivity contribution in [3.63, 3.8) is 0 Å². The Morgan fingerprint density at radius 2 is 2.22 bits per heavy atom. The first-order valence-corrected chi connectivity index (χ1v) is 6.84.